The highest BCUT2D eigenvalue weighted by Gasteiger charge is 2.08. The van der Waals surface area contributed by atoms with Crippen LogP contribution in [0.25, 0.3) is 6.08 Å². The summed E-state index contributed by atoms with van der Waals surface area (Å²) in [5.74, 6) is 0.515. The molecule has 0 atom stereocenters. The summed E-state index contributed by atoms with van der Waals surface area (Å²) in [7, 11) is 0. The Bertz CT molecular complexity index is 972. The molecule has 0 aliphatic carbocycles. The summed E-state index contributed by atoms with van der Waals surface area (Å²) in [6.45, 7) is 1.81. The molecule has 2 heterocycles. The van der Waals surface area contributed by atoms with Gasteiger partial charge in [-0.15, -0.1) is 0 Å². The molecular formula is C19H16ClN3O3. The predicted molar refractivity (Wildman–Crippen MR) is 99.2 cm³/mol. The molecule has 0 saturated heterocycles. The van der Waals surface area contributed by atoms with E-state index in [4.69, 9.17) is 16.0 Å². The number of hydrogen-bond donors (Lipinski definition) is 1. The van der Waals surface area contributed by atoms with Crippen molar-refractivity contribution in [3.8, 4) is 0 Å². The minimum Gasteiger partial charge on any atom is -0.456 e. The second kappa shape index (κ2) is 7.84. The van der Waals surface area contributed by atoms with Crippen molar-refractivity contribution in [1.29, 1.82) is 0 Å². The van der Waals surface area contributed by atoms with Crippen LogP contribution in [-0.4, -0.2) is 21.5 Å². The summed E-state index contributed by atoms with van der Waals surface area (Å²) in [6.07, 6.45) is 6.33. The van der Waals surface area contributed by atoms with Crippen molar-refractivity contribution in [3.05, 3.63) is 77.0 Å². The van der Waals surface area contributed by atoms with Gasteiger partial charge in [-0.3, -0.25) is 14.3 Å². The Balaban J connectivity index is 1.59. The SMILES string of the molecule is CC(=O)c1ccc(Cn2cc(NC(=O)/C=C/c3cccc(Cl)c3)cn2)o1. The Hall–Kier alpha value is -3.12. The summed E-state index contributed by atoms with van der Waals surface area (Å²) in [5.41, 5.74) is 1.39. The van der Waals surface area contributed by atoms with E-state index in [9.17, 15) is 9.59 Å². The number of Topliss-reactive ketones (excluding diaryl/α,β-unsaturated/α-hetero) is 1. The number of rotatable bonds is 6. The van der Waals surface area contributed by atoms with Gasteiger partial charge in [0.25, 0.3) is 0 Å². The summed E-state index contributed by atoms with van der Waals surface area (Å²) in [6, 6.07) is 10.6. The first-order valence-corrected chi connectivity index (χ1v) is 8.24. The first-order chi connectivity index (χ1) is 12.5. The lowest BCUT2D eigenvalue weighted by molar-refractivity contribution is -0.111. The van der Waals surface area contributed by atoms with E-state index in [0.717, 1.165) is 5.56 Å². The van der Waals surface area contributed by atoms with Crippen molar-refractivity contribution in [2.45, 2.75) is 13.5 Å². The van der Waals surface area contributed by atoms with Gasteiger partial charge < -0.3 is 9.73 Å². The van der Waals surface area contributed by atoms with E-state index in [2.05, 4.69) is 10.4 Å². The molecule has 26 heavy (non-hydrogen) atoms. The van der Waals surface area contributed by atoms with Gasteiger partial charge in [0, 0.05) is 24.2 Å². The van der Waals surface area contributed by atoms with Crippen molar-refractivity contribution >= 4 is 35.1 Å². The molecule has 1 aromatic carbocycles. The lowest BCUT2D eigenvalue weighted by atomic mass is 10.2. The molecule has 0 spiro atoms. The Morgan fingerprint density at radius 1 is 1.31 bits per heavy atom. The molecule has 0 radical (unpaired) electrons. The van der Waals surface area contributed by atoms with Gasteiger partial charge in [0.2, 0.25) is 5.91 Å². The minimum atomic E-state index is -0.276. The summed E-state index contributed by atoms with van der Waals surface area (Å²) < 4.78 is 7.03. The molecular weight excluding hydrogens is 354 g/mol. The summed E-state index contributed by atoms with van der Waals surface area (Å²) in [4.78, 5) is 23.2. The largest absolute Gasteiger partial charge is 0.456 e. The molecule has 2 aromatic heterocycles. The zero-order chi connectivity index (χ0) is 18.5. The first-order valence-electron chi connectivity index (χ1n) is 7.86. The normalized spacial score (nSPS) is 11.0. The average Bonchev–Trinajstić information content (AvgIpc) is 3.23. The smallest absolute Gasteiger partial charge is 0.248 e. The molecule has 132 valence electrons. The van der Waals surface area contributed by atoms with Crippen molar-refractivity contribution in [2.24, 2.45) is 0 Å². The molecule has 3 aromatic rings. The topological polar surface area (TPSA) is 77.1 Å². The number of nitrogens with one attached hydrogen (secondary N) is 1. The predicted octanol–water partition coefficient (Wildman–Crippen LogP) is 4.03. The molecule has 7 heteroatoms. The van der Waals surface area contributed by atoms with Crippen LogP contribution < -0.4 is 5.32 Å². The van der Waals surface area contributed by atoms with E-state index in [0.29, 0.717) is 28.8 Å². The van der Waals surface area contributed by atoms with Crippen LogP contribution in [-0.2, 0) is 11.3 Å². The van der Waals surface area contributed by atoms with Gasteiger partial charge in [-0.05, 0) is 35.9 Å². The van der Waals surface area contributed by atoms with E-state index in [-0.39, 0.29) is 11.7 Å². The average molecular weight is 370 g/mol. The maximum absolute atomic E-state index is 12.0. The minimum absolute atomic E-state index is 0.129. The van der Waals surface area contributed by atoms with Crippen LogP contribution >= 0.6 is 11.6 Å². The van der Waals surface area contributed by atoms with Crippen LogP contribution in [0.15, 0.2) is 59.3 Å². The molecule has 1 N–H and O–H groups in total. The maximum atomic E-state index is 12.0. The fourth-order valence-electron chi connectivity index (χ4n) is 2.29. The summed E-state index contributed by atoms with van der Waals surface area (Å²) in [5, 5.41) is 7.50. The molecule has 0 bridgehead atoms. The molecule has 0 aliphatic heterocycles. The van der Waals surface area contributed by atoms with Gasteiger partial charge in [-0.1, -0.05) is 23.7 Å². The van der Waals surface area contributed by atoms with Crippen LogP contribution in [0, 0.1) is 0 Å². The maximum Gasteiger partial charge on any atom is 0.248 e. The van der Waals surface area contributed by atoms with E-state index in [1.54, 1.807) is 47.4 Å². The molecule has 0 saturated carbocycles. The number of ketones is 1. The second-order valence-electron chi connectivity index (χ2n) is 5.63. The second-order valence-corrected chi connectivity index (χ2v) is 6.06. The van der Waals surface area contributed by atoms with Gasteiger partial charge in [0.05, 0.1) is 18.4 Å². The van der Waals surface area contributed by atoms with Crippen molar-refractivity contribution in [3.63, 3.8) is 0 Å². The number of amides is 1. The quantitative estimate of drug-likeness (QED) is 0.525. The third-order valence-corrected chi connectivity index (χ3v) is 3.74. The first kappa shape index (κ1) is 17.7. The molecule has 0 fully saturated rings. The molecule has 6 nitrogen and oxygen atoms in total. The summed E-state index contributed by atoms with van der Waals surface area (Å²) >= 11 is 5.91. The lowest BCUT2D eigenvalue weighted by Gasteiger charge is -1.99. The van der Waals surface area contributed by atoms with E-state index in [1.165, 1.54) is 13.0 Å². The number of aromatic nitrogens is 2. The van der Waals surface area contributed by atoms with Gasteiger partial charge in [-0.2, -0.15) is 5.10 Å². The fourth-order valence-corrected chi connectivity index (χ4v) is 2.49. The number of carbonyl (C=O) groups is 2. The van der Waals surface area contributed by atoms with Crippen molar-refractivity contribution in [2.75, 3.05) is 5.32 Å². The number of nitrogens with zero attached hydrogens (tertiary/aromatic N) is 2. The van der Waals surface area contributed by atoms with Crippen LogP contribution in [0.2, 0.25) is 5.02 Å². The van der Waals surface area contributed by atoms with E-state index >= 15 is 0 Å². The Kier molecular flexibility index (Phi) is 5.34. The third-order valence-electron chi connectivity index (χ3n) is 3.50. The van der Waals surface area contributed by atoms with E-state index < -0.39 is 0 Å². The highest BCUT2D eigenvalue weighted by molar-refractivity contribution is 6.30. The van der Waals surface area contributed by atoms with Gasteiger partial charge >= 0.3 is 0 Å². The molecule has 3 rings (SSSR count). The number of benzene rings is 1. The standard InChI is InChI=1S/C19H16ClN3O3/c1-13(24)18-7-6-17(26-18)12-23-11-16(10-21-23)22-19(25)8-5-14-3-2-4-15(20)9-14/h2-11H,12H2,1H3,(H,22,25)/b8-5+. The highest BCUT2D eigenvalue weighted by atomic mass is 35.5. The lowest BCUT2D eigenvalue weighted by Crippen LogP contribution is -2.07. The van der Waals surface area contributed by atoms with E-state index in [1.807, 2.05) is 12.1 Å². The zero-order valence-electron chi connectivity index (χ0n) is 14.0. The number of furan rings is 1. The van der Waals surface area contributed by atoms with Gasteiger partial charge in [0.15, 0.2) is 11.5 Å². The van der Waals surface area contributed by atoms with Crippen molar-refractivity contribution < 1.29 is 14.0 Å². The van der Waals surface area contributed by atoms with Crippen LogP contribution in [0.5, 0.6) is 0 Å². The number of anilines is 1. The monoisotopic (exact) mass is 369 g/mol. The molecule has 0 aliphatic rings. The van der Waals surface area contributed by atoms with Gasteiger partial charge in [0.1, 0.15) is 5.76 Å². The third kappa shape index (κ3) is 4.70. The van der Waals surface area contributed by atoms with Crippen molar-refractivity contribution in [1.82, 2.24) is 9.78 Å². The zero-order valence-corrected chi connectivity index (χ0v) is 14.7. The number of carbonyl (C=O) groups excluding carboxylic acids is 2. The number of hydrogen-bond acceptors (Lipinski definition) is 4. The molecule has 1 amide bonds. The Labute approximate surface area is 155 Å². The van der Waals surface area contributed by atoms with Crippen LogP contribution in [0.4, 0.5) is 5.69 Å². The Morgan fingerprint density at radius 3 is 2.88 bits per heavy atom. The number of halogens is 1. The van der Waals surface area contributed by atoms with Crippen LogP contribution in [0.1, 0.15) is 28.8 Å². The van der Waals surface area contributed by atoms with Crippen LogP contribution in [0.3, 0.4) is 0 Å². The fraction of sp³-hybridized carbons (Fsp3) is 0.105. The highest BCUT2D eigenvalue weighted by Crippen LogP contribution is 2.13. The Morgan fingerprint density at radius 2 is 2.15 bits per heavy atom. The molecule has 0 unspecified atom stereocenters. The van der Waals surface area contributed by atoms with Gasteiger partial charge in [-0.25, -0.2) is 0 Å².